The molecule has 0 unspecified atom stereocenters. The Morgan fingerprint density at radius 1 is 1.05 bits per heavy atom. The number of para-hydroxylation sites is 2. The highest BCUT2D eigenvalue weighted by Gasteiger charge is 2.15. The average Bonchev–Trinajstić information content (AvgIpc) is 3.36. The van der Waals surface area contributed by atoms with Crippen molar-refractivity contribution in [3.63, 3.8) is 0 Å². The highest BCUT2D eigenvalue weighted by atomic mass is 32.2. The van der Waals surface area contributed by atoms with E-state index in [2.05, 4.69) is 47.2 Å². The molecule has 37 heavy (non-hydrogen) atoms. The first-order valence-corrected chi connectivity index (χ1v) is 13.1. The minimum Gasteiger partial charge on any atom is -0.305 e. The number of aromatic nitrogens is 4. The van der Waals surface area contributed by atoms with Crippen LogP contribution < -0.4 is 5.56 Å². The highest BCUT2D eigenvalue weighted by Crippen LogP contribution is 2.29. The summed E-state index contributed by atoms with van der Waals surface area (Å²) >= 11 is 1.85. The van der Waals surface area contributed by atoms with Gasteiger partial charge in [-0.2, -0.15) is 10.4 Å². The summed E-state index contributed by atoms with van der Waals surface area (Å²) in [6.45, 7) is 2.19. The molecule has 0 aliphatic carbocycles. The van der Waals surface area contributed by atoms with Crippen molar-refractivity contribution in [2.24, 2.45) is 0 Å². The summed E-state index contributed by atoms with van der Waals surface area (Å²) in [4.78, 5) is 21.1. The normalized spacial score (nSPS) is 11.5. The largest absolute Gasteiger partial charge is 0.305 e. The lowest BCUT2D eigenvalue weighted by molar-refractivity contribution is 0.884. The molecular formula is C30H25N5OS. The van der Waals surface area contributed by atoms with Gasteiger partial charge in [-0.05, 0) is 54.6 Å². The van der Waals surface area contributed by atoms with Crippen LogP contribution in [0.15, 0.2) is 94.7 Å². The number of aromatic amines is 1. The van der Waals surface area contributed by atoms with Gasteiger partial charge in [-0.1, -0.05) is 55.8 Å². The van der Waals surface area contributed by atoms with Gasteiger partial charge in [-0.25, -0.2) is 9.67 Å². The molecule has 0 saturated heterocycles. The molecule has 5 rings (SSSR count). The summed E-state index contributed by atoms with van der Waals surface area (Å²) in [6, 6.07) is 27.5. The molecule has 1 N–H and O–H groups in total. The summed E-state index contributed by atoms with van der Waals surface area (Å²) in [7, 11) is 0. The van der Waals surface area contributed by atoms with Crippen LogP contribution in [0, 0.1) is 11.3 Å². The van der Waals surface area contributed by atoms with Crippen LogP contribution in [0.1, 0.15) is 31.2 Å². The molecule has 0 radical (unpaired) electrons. The van der Waals surface area contributed by atoms with Crippen molar-refractivity contribution in [2.75, 3.05) is 5.75 Å². The zero-order valence-electron chi connectivity index (χ0n) is 20.4. The fourth-order valence-corrected chi connectivity index (χ4v) is 4.99. The molecule has 7 heteroatoms. The molecule has 0 bridgehead atoms. The summed E-state index contributed by atoms with van der Waals surface area (Å²) in [5.41, 5.74) is 3.86. The van der Waals surface area contributed by atoms with Gasteiger partial charge in [0.1, 0.15) is 6.07 Å². The Hall–Kier alpha value is -4.41. The predicted octanol–water partition coefficient (Wildman–Crippen LogP) is 6.73. The molecule has 0 amide bonds. The van der Waals surface area contributed by atoms with Crippen LogP contribution in [0.2, 0.25) is 0 Å². The molecule has 2 aromatic heterocycles. The van der Waals surface area contributed by atoms with E-state index in [1.807, 2.05) is 54.4 Å². The summed E-state index contributed by atoms with van der Waals surface area (Å²) < 4.78 is 1.80. The highest BCUT2D eigenvalue weighted by molar-refractivity contribution is 7.99. The Kier molecular flexibility index (Phi) is 7.29. The molecule has 6 nitrogen and oxygen atoms in total. The number of H-pyrrole nitrogens is 1. The lowest BCUT2D eigenvalue weighted by Gasteiger charge is -2.04. The molecule has 182 valence electrons. The first kappa shape index (κ1) is 24.3. The van der Waals surface area contributed by atoms with E-state index < -0.39 is 0 Å². The van der Waals surface area contributed by atoms with Crippen molar-refractivity contribution in [3.05, 3.63) is 107 Å². The number of hydrogen-bond acceptors (Lipinski definition) is 5. The number of rotatable bonds is 8. The van der Waals surface area contributed by atoms with E-state index in [1.54, 1.807) is 29.0 Å². The second-order valence-corrected chi connectivity index (χ2v) is 9.71. The van der Waals surface area contributed by atoms with Crippen LogP contribution in [0.5, 0.6) is 0 Å². The van der Waals surface area contributed by atoms with E-state index in [9.17, 15) is 10.1 Å². The average molecular weight is 504 g/mol. The van der Waals surface area contributed by atoms with Crippen molar-refractivity contribution >= 4 is 34.3 Å². The molecule has 0 saturated carbocycles. The molecule has 5 aromatic rings. The molecule has 0 aliphatic heterocycles. The van der Waals surface area contributed by atoms with Crippen molar-refractivity contribution in [1.29, 1.82) is 5.26 Å². The number of unbranched alkanes of at least 4 members (excludes halogenated alkanes) is 1. The second kappa shape index (κ2) is 11.1. The van der Waals surface area contributed by atoms with E-state index in [4.69, 9.17) is 5.10 Å². The minimum atomic E-state index is -0.280. The molecule has 2 heterocycles. The van der Waals surface area contributed by atoms with Gasteiger partial charge in [0.2, 0.25) is 0 Å². The Balaban J connectivity index is 1.59. The third kappa shape index (κ3) is 5.40. The summed E-state index contributed by atoms with van der Waals surface area (Å²) in [5.74, 6) is 1.32. The molecule has 0 fully saturated rings. The number of fused-ring (bicyclic) bond motifs is 1. The van der Waals surface area contributed by atoms with Crippen LogP contribution in [-0.2, 0) is 0 Å². The lowest BCUT2D eigenvalue weighted by atomic mass is 10.1. The zero-order chi connectivity index (χ0) is 25.6. The first-order valence-electron chi connectivity index (χ1n) is 12.2. The SMILES string of the molecule is CCCCSc1ccc(-c2nn(-c3ccccc3)cc2C=C(C#N)c2nc3ccccc3c(=O)[nH]2)cc1. The van der Waals surface area contributed by atoms with E-state index in [1.165, 1.54) is 17.7 Å². The van der Waals surface area contributed by atoms with Gasteiger partial charge < -0.3 is 4.98 Å². The van der Waals surface area contributed by atoms with E-state index in [0.29, 0.717) is 10.9 Å². The topological polar surface area (TPSA) is 87.4 Å². The monoisotopic (exact) mass is 503 g/mol. The van der Waals surface area contributed by atoms with E-state index in [0.717, 1.165) is 28.3 Å². The third-order valence-electron chi connectivity index (χ3n) is 5.95. The Bertz CT molecular complexity index is 1660. The van der Waals surface area contributed by atoms with Crippen LogP contribution >= 0.6 is 11.8 Å². The molecule has 0 aliphatic rings. The maximum atomic E-state index is 12.6. The van der Waals surface area contributed by atoms with Crippen molar-refractivity contribution < 1.29 is 0 Å². The fourth-order valence-electron chi connectivity index (χ4n) is 4.00. The zero-order valence-corrected chi connectivity index (χ0v) is 21.2. The van der Waals surface area contributed by atoms with Crippen molar-refractivity contribution in [1.82, 2.24) is 19.7 Å². The molecule has 0 atom stereocenters. The standard InChI is InChI=1S/C30H25N5OS/c1-2-3-17-37-25-15-13-21(14-16-25)28-23(20-35(34-28)24-9-5-4-6-10-24)18-22(19-31)29-32-27-12-8-7-11-26(27)30(36)33-29/h4-16,18,20H,2-3,17H2,1H3,(H,32,33,36). The smallest absolute Gasteiger partial charge is 0.259 e. The fraction of sp³-hybridized carbons (Fsp3) is 0.133. The first-order chi connectivity index (χ1) is 18.2. The van der Waals surface area contributed by atoms with Crippen LogP contribution in [0.25, 0.3) is 39.5 Å². The summed E-state index contributed by atoms with van der Waals surface area (Å²) in [6.07, 6.45) is 5.99. The van der Waals surface area contributed by atoms with Gasteiger partial charge in [-0.15, -0.1) is 11.8 Å². The Labute approximate surface area is 219 Å². The van der Waals surface area contributed by atoms with Gasteiger partial charge in [0, 0.05) is 22.2 Å². The van der Waals surface area contributed by atoms with Gasteiger partial charge in [0.15, 0.2) is 5.82 Å². The summed E-state index contributed by atoms with van der Waals surface area (Å²) in [5, 5.41) is 15.4. The van der Waals surface area contributed by atoms with E-state index in [-0.39, 0.29) is 17.0 Å². The number of nitrogens with one attached hydrogen (secondary N) is 1. The molecule has 3 aromatic carbocycles. The van der Waals surface area contributed by atoms with Crippen molar-refractivity contribution in [3.8, 4) is 23.0 Å². The van der Waals surface area contributed by atoms with Gasteiger partial charge >= 0.3 is 0 Å². The number of benzene rings is 3. The lowest BCUT2D eigenvalue weighted by Crippen LogP contribution is -2.11. The second-order valence-electron chi connectivity index (χ2n) is 8.54. The number of nitrogens with zero attached hydrogens (tertiary/aromatic N) is 4. The molecular weight excluding hydrogens is 478 g/mol. The maximum absolute atomic E-state index is 12.6. The Morgan fingerprint density at radius 2 is 1.81 bits per heavy atom. The van der Waals surface area contributed by atoms with Crippen LogP contribution in [0.3, 0.4) is 0 Å². The Morgan fingerprint density at radius 3 is 2.57 bits per heavy atom. The van der Waals surface area contributed by atoms with Crippen molar-refractivity contribution in [2.45, 2.75) is 24.7 Å². The van der Waals surface area contributed by atoms with Gasteiger partial charge in [0.25, 0.3) is 5.56 Å². The third-order valence-corrected chi connectivity index (χ3v) is 7.04. The maximum Gasteiger partial charge on any atom is 0.259 e. The number of thioether (sulfide) groups is 1. The van der Waals surface area contributed by atoms with Crippen LogP contribution in [0.4, 0.5) is 0 Å². The van der Waals surface area contributed by atoms with Gasteiger partial charge in [0.05, 0.1) is 27.9 Å². The van der Waals surface area contributed by atoms with Crippen LogP contribution in [-0.4, -0.2) is 25.5 Å². The van der Waals surface area contributed by atoms with Gasteiger partial charge in [-0.3, -0.25) is 4.79 Å². The number of hydrogen-bond donors (Lipinski definition) is 1. The quantitative estimate of drug-likeness (QED) is 0.144. The minimum absolute atomic E-state index is 0.229. The van der Waals surface area contributed by atoms with E-state index >= 15 is 0 Å². The molecule has 0 spiro atoms. The predicted molar refractivity (Wildman–Crippen MR) is 150 cm³/mol. The number of nitriles is 1. The number of allylic oxidation sites excluding steroid dienone is 1.